The number of aromatic amines is 1. The van der Waals surface area contributed by atoms with Crippen molar-refractivity contribution in [1.29, 1.82) is 0 Å². The van der Waals surface area contributed by atoms with Crippen molar-refractivity contribution in [1.82, 2.24) is 9.97 Å². The maximum atomic E-state index is 11.5. The van der Waals surface area contributed by atoms with Crippen LogP contribution in [0, 0.1) is 10.1 Å². The molecule has 126 valence electrons. The van der Waals surface area contributed by atoms with Crippen LogP contribution in [0.4, 0.5) is 11.6 Å². The molecule has 0 bridgehead atoms. The lowest BCUT2D eigenvalue weighted by Gasteiger charge is -2.03. The van der Waals surface area contributed by atoms with Gasteiger partial charge in [-0.1, -0.05) is 13.3 Å². The highest BCUT2D eigenvalue weighted by Gasteiger charge is 2.16. The van der Waals surface area contributed by atoms with Gasteiger partial charge in [0.1, 0.15) is 5.75 Å². The Kier molecular flexibility index (Phi) is 5.09. The van der Waals surface area contributed by atoms with E-state index in [9.17, 15) is 25.1 Å². The number of aromatic hydroxyl groups is 2. The van der Waals surface area contributed by atoms with E-state index in [0.717, 1.165) is 24.8 Å². The van der Waals surface area contributed by atoms with Gasteiger partial charge in [0.2, 0.25) is 5.95 Å². The summed E-state index contributed by atoms with van der Waals surface area (Å²) in [5, 5.41) is 33.6. The number of hydrogen-bond donors (Lipinski definition) is 4. The fourth-order valence-corrected chi connectivity index (χ4v) is 1.94. The van der Waals surface area contributed by atoms with Crippen LogP contribution >= 0.6 is 0 Å². The van der Waals surface area contributed by atoms with Crippen molar-refractivity contribution in [3.05, 3.63) is 49.9 Å². The number of nitrogens with zero attached hydrogens (tertiary/aromatic N) is 3. The average Bonchev–Trinajstić information content (AvgIpc) is 2.49. The predicted octanol–water partition coefficient (Wildman–Crippen LogP) is 1.49. The van der Waals surface area contributed by atoms with Crippen LogP contribution in [0.5, 0.6) is 11.5 Å². The van der Waals surface area contributed by atoms with Gasteiger partial charge in [0.15, 0.2) is 5.75 Å². The Hall–Kier alpha value is -3.43. The van der Waals surface area contributed by atoms with E-state index in [2.05, 4.69) is 20.5 Å². The summed E-state index contributed by atoms with van der Waals surface area (Å²) in [6.45, 7) is 1.95. The Morgan fingerprint density at radius 1 is 1.38 bits per heavy atom. The highest BCUT2D eigenvalue weighted by atomic mass is 16.6. The van der Waals surface area contributed by atoms with Crippen molar-refractivity contribution in [2.75, 3.05) is 5.43 Å². The van der Waals surface area contributed by atoms with Gasteiger partial charge in [-0.25, -0.2) is 10.4 Å². The molecule has 0 aliphatic heterocycles. The zero-order valence-corrected chi connectivity index (χ0v) is 12.7. The highest BCUT2D eigenvalue weighted by molar-refractivity contribution is 5.85. The second-order valence-electron chi connectivity index (χ2n) is 4.86. The quantitative estimate of drug-likeness (QED) is 0.354. The summed E-state index contributed by atoms with van der Waals surface area (Å²) in [4.78, 5) is 28.1. The van der Waals surface area contributed by atoms with Crippen molar-refractivity contribution in [2.45, 2.75) is 19.8 Å². The summed E-state index contributed by atoms with van der Waals surface area (Å²) >= 11 is 0. The van der Waals surface area contributed by atoms with Crippen molar-refractivity contribution in [3.8, 4) is 11.5 Å². The summed E-state index contributed by atoms with van der Waals surface area (Å²) in [5.41, 5.74) is 2.19. The molecular weight excluding hydrogens is 318 g/mol. The Balaban J connectivity index is 2.22. The number of phenols is 2. The van der Waals surface area contributed by atoms with Gasteiger partial charge in [0, 0.05) is 29.5 Å². The van der Waals surface area contributed by atoms with Crippen molar-refractivity contribution < 1.29 is 15.1 Å². The van der Waals surface area contributed by atoms with E-state index in [1.54, 1.807) is 0 Å². The van der Waals surface area contributed by atoms with E-state index in [4.69, 9.17) is 0 Å². The van der Waals surface area contributed by atoms with Gasteiger partial charge in [-0.3, -0.25) is 19.9 Å². The number of nitro groups is 1. The molecule has 10 nitrogen and oxygen atoms in total. The molecule has 0 unspecified atom stereocenters. The third-order valence-corrected chi connectivity index (χ3v) is 3.00. The number of nitrogens with one attached hydrogen (secondary N) is 2. The first-order valence-electron chi connectivity index (χ1n) is 7.00. The number of phenolic OH excluding ortho intramolecular Hbond substituents is 2. The van der Waals surface area contributed by atoms with Crippen LogP contribution in [-0.2, 0) is 6.42 Å². The highest BCUT2D eigenvalue weighted by Crippen LogP contribution is 2.31. The molecule has 1 aromatic heterocycles. The average molecular weight is 333 g/mol. The van der Waals surface area contributed by atoms with Gasteiger partial charge in [-0.15, -0.1) is 0 Å². The molecule has 0 radical (unpaired) electrons. The lowest BCUT2D eigenvalue weighted by atomic mass is 10.2. The van der Waals surface area contributed by atoms with E-state index in [0.29, 0.717) is 12.1 Å². The van der Waals surface area contributed by atoms with Crippen LogP contribution < -0.4 is 11.0 Å². The monoisotopic (exact) mass is 333 g/mol. The molecule has 24 heavy (non-hydrogen) atoms. The molecule has 2 rings (SSSR count). The zero-order valence-electron chi connectivity index (χ0n) is 12.7. The Morgan fingerprint density at radius 2 is 2.12 bits per heavy atom. The Labute approximate surface area is 135 Å². The number of H-pyrrole nitrogens is 1. The normalized spacial score (nSPS) is 10.9. The molecule has 10 heteroatoms. The molecule has 0 spiro atoms. The van der Waals surface area contributed by atoms with Crippen molar-refractivity contribution >= 4 is 17.9 Å². The van der Waals surface area contributed by atoms with E-state index in [-0.39, 0.29) is 22.8 Å². The molecule has 2 aromatic rings. The summed E-state index contributed by atoms with van der Waals surface area (Å²) in [5.74, 6) is -0.930. The fraction of sp³-hybridized carbons (Fsp3) is 0.214. The molecule has 0 aliphatic rings. The van der Waals surface area contributed by atoms with Crippen LogP contribution in [0.15, 0.2) is 28.1 Å². The number of hydrazone groups is 1. The lowest BCUT2D eigenvalue weighted by Crippen LogP contribution is -2.12. The number of hydrogen-bond acceptors (Lipinski definition) is 8. The molecule has 4 N–H and O–H groups in total. The maximum Gasteiger partial charge on any atom is 0.311 e. The maximum absolute atomic E-state index is 11.5. The molecule has 1 aromatic carbocycles. The molecule has 0 fully saturated rings. The van der Waals surface area contributed by atoms with Gasteiger partial charge in [0.05, 0.1) is 11.1 Å². The van der Waals surface area contributed by atoms with E-state index < -0.39 is 16.4 Å². The number of benzene rings is 1. The van der Waals surface area contributed by atoms with Crippen LogP contribution in [-0.4, -0.2) is 31.3 Å². The number of rotatable bonds is 6. The predicted molar refractivity (Wildman–Crippen MR) is 86.5 cm³/mol. The third kappa shape index (κ3) is 4.06. The lowest BCUT2D eigenvalue weighted by molar-refractivity contribution is -0.385. The van der Waals surface area contributed by atoms with Crippen LogP contribution in [0.3, 0.4) is 0 Å². The Bertz CT molecular complexity index is 846. The molecule has 0 atom stereocenters. The van der Waals surface area contributed by atoms with Crippen LogP contribution in [0.1, 0.15) is 24.6 Å². The Morgan fingerprint density at radius 3 is 2.79 bits per heavy atom. The number of aromatic nitrogens is 2. The minimum absolute atomic E-state index is 0.0130. The van der Waals surface area contributed by atoms with E-state index in [1.165, 1.54) is 6.07 Å². The van der Waals surface area contributed by atoms with Gasteiger partial charge in [-0.05, 0) is 6.42 Å². The van der Waals surface area contributed by atoms with E-state index >= 15 is 0 Å². The molecule has 0 amide bonds. The minimum Gasteiger partial charge on any atom is -0.507 e. The third-order valence-electron chi connectivity index (χ3n) is 3.00. The molecule has 0 aliphatic carbocycles. The van der Waals surface area contributed by atoms with Gasteiger partial charge in [-0.2, -0.15) is 5.10 Å². The minimum atomic E-state index is -0.785. The van der Waals surface area contributed by atoms with E-state index in [1.807, 2.05) is 6.92 Å². The van der Waals surface area contributed by atoms with Gasteiger partial charge < -0.3 is 10.2 Å². The number of nitro benzene ring substituents is 1. The molecule has 0 saturated heterocycles. The SMILES string of the molecule is CCCc1cc(=O)[nH]c(N/N=C\c2cc([N+](=O)[O-])c(O)cc2O)n1. The summed E-state index contributed by atoms with van der Waals surface area (Å²) in [6.07, 6.45) is 2.56. The first-order valence-corrected chi connectivity index (χ1v) is 7.00. The summed E-state index contributed by atoms with van der Waals surface area (Å²) < 4.78 is 0. The van der Waals surface area contributed by atoms with Gasteiger partial charge in [0.25, 0.3) is 5.56 Å². The largest absolute Gasteiger partial charge is 0.507 e. The number of anilines is 1. The van der Waals surface area contributed by atoms with Crippen molar-refractivity contribution in [2.24, 2.45) is 5.10 Å². The second-order valence-corrected chi connectivity index (χ2v) is 4.86. The zero-order chi connectivity index (χ0) is 17.7. The van der Waals surface area contributed by atoms with Crippen molar-refractivity contribution in [3.63, 3.8) is 0 Å². The standard InChI is InChI=1S/C14H15N5O5/c1-2-3-9-5-13(22)17-14(16-9)18-15-7-8-4-10(19(23)24)12(21)6-11(8)20/h4-7,20-21H,2-3H2,1H3,(H2,16,17,18,22)/b15-7-. The van der Waals surface area contributed by atoms with Crippen LogP contribution in [0.2, 0.25) is 0 Å². The summed E-state index contributed by atoms with van der Waals surface area (Å²) in [7, 11) is 0. The first-order chi connectivity index (χ1) is 11.4. The topological polar surface area (TPSA) is 154 Å². The smallest absolute Gasteiger partial charge is 0.311 e. The first kappa shape index (κ1) is 16.9. The van der Waals surface area contributed by atoms with Crippen LogP contribution in [0.25, 0.3) is 0 Å². The molecule has 0 saturated carbocycles. The fourth-order valence-electron chi connectivity index (χ4n) is 1.94. The molecular formula is C14H15N5O5. The summed E-state index contributed by atoms with van der Waals surface area (Å²) in [6, 6.07) is 3.20. The number of aryl methyl sites for hydroxylation is 1. The second kappa shape index (κ2) is 7.22. The van der Waals surface area contributed by atoms with Gasteiger partial charge >= 0.3 is 5.69 Å². The molecule has 1 heterocycles.